The van der Waals surface area contributed by atoms with Gasteiger partial charge in [-0.05, 0) is 18.8 Å². The number of likely N-dealkylation sites (tertiary alicyclic amines) is 1. The summed E-state index contributed by atoms with van der Waals surface area (Å²) in [6.07, 6.45) is -5.77. The third kappa shape index (κ3) is 4.62. The first-order chi connectivity index (χ1) is 10.7. The topological polar surface area (TPSA) is 20.3 Å². The summed E-state index contributed by atoms with van der Waals surface area (Å²) in [5.41, 5.74) is -0.228. The quantitative estimate of drug-likeness (QED) is 0.758. The lowest BCUT2D eigenvalue weighted by atomic mass is 9.88. The van der Waals surface area contributed by atoms with Gasteiger partial charge < -0.3 is 4.90 Å². The third-order valence-corrected chi connectivity index (χ3v) is 3.92. The molecule has 0 atom stereocenters. The summed E-state index contributed by atoms with van der Waals surface area (Å²) < 4.78 is 76.6. The van der Waals surface area contributed by atoms with Gasteiger partial charge in [0.1, 0.15) is 17.5 Å². The summed E-state index contributed by atoms with van der Waals surface area (Å²) in [5.74, 6) is -4.12. The van der Waals surface area contributed by atoms with Crippen molar-refractivity contribution in [3.05, 3.63) is 35.1 Å². The highest BCUT2D eigenvalue weighted by Gasteiger charge is 2.31. The van der Waals surface area contributed by atoms with Gasteiger partial charge in [0.15, 0.2) is 0 Å². The molecular weight excluding hydrogens is 324 g/mol. The molecule has 0 aromatic heterocycles. The van der Waals surface area contributed by atoms with Crippen LogP contribution in [0.2, 0.25) is 0 Å². The summed E-state index contributed by atoms with van der Waals surface area (Å²) in [6, 6.07) is 1.19. The number of rotatable bonds is 3. The second-order valence-electron chi connectivity index (χ2n) is 5.55. The van der Waals surface area contributed by atoms with Crippen molar-refractivity contribution in [1.82, 2.24) is 4.90 Å². The largest absolute Gasteiger partial charge is 0.389 e. The Morgan fingerprint density at radius 3 is 2.09 bits per heavy atom. The molecule has 1 aromatic carbocycles. The summed E-state index contributed by atoms with van der Waals surface area (Å²) in [5, 5.41) is 0. The van der Waals surface area contributed by atoms with Crippen LogP contribution in [-0.2, 0) is 4.79 Å². The Kier molecular flexibility index (Phi) is 5.21. The van der Waals surface area contributed by atoms with Gasteiger partial charge in [-0.15, -0.1) is 0 Å². The highest BCUT2D eigenvalue weighted by molar-refractivity contribution is 5.76. The van der Waals surface area contributed by atoms with Crippen molar-refractivity contribution < 1.29 is 31.1 Å². The van der Waals surface area contributed by atoms with E-state index in [1.165, 1.54) is 4.90 Å². The average Bonchev–Trinajstić information content (AvgIpc) is 2.43. The molecule has 0 saturated carbocycles. The molecule has 0 spiro atoms. The van der Waals surface area contributed by atoms with Crippen molar-refractivity contribution in [2.45, 2.75) is 37.8 Å². The molecule has 1 saturated heterocycles. The summed E-state index contributed by atoms with van der Waals surface area (Å²) in [6.45, 7) is 0.245. The molecule has 1 aliphatic rings. The molecule has 1 fully saturated rings. The lowest BCUT2D eigenvalue weighted by Crippen LogP contribution is -2.38. The van der Waals surface area contributed by atoms with Gasteiger partial charge in [0, 0.05) is 37.2 Å². The Hall–Kier alpha value is -1.73. The highest BCUT2D eigenvalue weighted by Crippen LogP contribution is 2.32. The Labute approximate surface area is 129 Å². The molecular formula is C15H15F6NO. The van der Waals surface area contributed by atoms with E-state index in [1.54, 1.807) is 0 Å². The van der Waals surface area contributed by atoms with E-state index in [0.29, 0.717) is 12.1 Å². The van der Waals surface area contributed by atoms with E-state index in [-0.39, 0.29) is 31.5 Å². The molecule has 0 unspecified atom stereocenters. The van der Waals surface area contributed by atoms with Gasteiger partial charge in [-0.3, -0.25) is 4.79 Å². The zero-order valence-corrected chi connectivity index (χ0v) is 12.1. The van der Waals surface area contributed by atoms with Crippen molar-refractivity contribution >= 4 is 5.91 Å². The van der Waals surface area contributed by atoms with Crippen LogP contribution < -0.4 is 0 Å². The number of benzene rings is 1. The van der Waals surface area contributed by atoms with E-state index < -0.39 is 48.3 Å². The minimum absolute atomic E-state index is 0.123. The zero-order valence-electron chi connectivity index (χ0n) is 12.1. The molecule has 2 rings (SSSR count). The standard InChI is InChI=1S/C15H15F6NO/c16-10-7-11(17)14(12(18)8-10)9-2-5-22(6-3-9)13(23)1-4-15(19,20)21/h7-9H,1-6H2. The fourth-order valence-electron chi connectivity index (χ4n) is 2.77. The molecule has 8 heteroatoms. The third-order valence-electron chi connectivity index (χ3n) is 3.92. The predicted molar refractivity (Wildman–Crippen MR) is 70.2 cm³/mol. The fourth-order valence-corrected chi connectivity index (χ4v) is 2.77. The lowest BCUT2D eigenvalue weighted by molar-refractivity contribution is -0.149. The van der Waals surface area contributed by atoms with E-state index in [4.69, 9.17) is 0 Å². The van der Waals surface area contributed by atoms with Crippen LogP contribution in [0.25, 0.3) is 0 Å². The summed E-state index contributed by atoms with van der Waals surface area (Å²) in [4.78, 5) is 13.0. The van der Waals surface area contributed by atoms with Gasteiger partial charge in [0.25, 0.3) is 0 Å². The Balaban J connectivity index is 1.95. The number of amides is 1. The van der Waals surface area contributed by atoms with Crippen LogP contribution in [0.4, 0.5) is 26.3 Å². The number of alkyl halides is 3. The Morgan fingerprint density at radius 1 is 1.09 bits per heavy atom. The fraction of sp³-hybridized carbons (Fsp3) is 0.533. The summed E-state index contributed by atoms with van der Waals surface area (Å²) in [7, 11) is 0. The molecule has 23 heavy (non-hydrogen) atoms. The van der Waals surface area contributed by atoms with E-state index in [0.717, 1.165) is 0 Å². The molecule has 1 amide bonds. The van der Waals surface area contributed by atoms with E-state index in [2.05, 4.69) is 0 Å². The van der Waals surface area contributed by atoms with Crippen LogP contribution in [0.3, 0.4) is 0 Å². The van der Waals surface area contributed by atoms with Gasteiger partial charge in [0.2, 0.25) is 5.91 Å². The predicted octanol–water partition coefficient (Wildman–Crippen LogP) is 4.15. The number of nitrogens with zero attached hydrogens (tertiary/aromatic N) is 1. The Bertz CT molecular complexity index is 555. The minimum atomic E-state index is -4.39. The highest BCUT2D eigenvalue weighted by atomic mass is 19.4. The van der Waals surface area contributed by atoms with Crippen molar-refractivity contribution in [2.75, 3.05) is 13.1 Å². The van der Waals surface area contributed by atoms with Gasteiger partial charge in [-0.2, -0.15) is 13.2 Å². The van der Waals surface area contributed by atoms with Crippen LogP contribution in [0, 0.1) is 17.5 Å². The van der Waals surface area contributed by atoms with E-state index >= 15 is 0 Å². The second-order valence-corrected chi connectivity index (χ2v) is 5.55. The first-order valence-corrected chi connectivity index (χ1v) is 7.16. The number of piperidine rings is 1. The van der Waals surface area contributed by atoms with E-state index in [1.807, 2.05) is 0 Å². The van der Waals surface area contributed by atoms with Crippen molar-refractivity contribution in [1.29, 1.82) is 0 Å². The minimum Gasteiger partial charge on any atom is -0.343 e. The zero-order chi connectivity index (χ0) is 17.2. The summed E-state index contributed by atoms with van der Waals surface area (Å²) >= 11 is 0. The lowest BCUT2D eigenvalue weighted by Gasteiger charge is -2.32. The van der Waals surface area contributed by atoms with Gasteiger partial charge >= 0.3 is 6.18 Å². The molecule has 2 nitrogen and oxygen atoms in total. The van der Waals surface area contributed by atoms with E-state index in [9.17, 15) is 31.1 Å². The van der Waals surface area contributed by atoms with Crippen LogP contribution in [0.5, 0.6) is 0 Å². The molecule has 0 bridgehead atoms. The molecule has 0 N–H and O–H groups in total. The maximum absolute atomic E-state index is 13.7. The number of carbonyl (C=O) groups is 1. The monoisotopic (exact) mass is 339 g/mol. The van der Waals surface area contributed by atoms with Gasteiger partial charge in [0.05, 0.1) is 6.42 Å². The first kappa shape index (κ1) is 17.6. The van der Waals surface area contributed by atoms with Gasteiger partial charge in [-0.1, -0.05) is 0 Å². The number of hydrogen-bond donors (Lipinski definition) is 0. The number of hydrogen-bond acceptors (Lipinski definition) is 1. The molecule has 1 aliphatic heterocycles. The van der Waals surface area contributed by atoms with Crippen LogP contribution >= 0.6 is 0 Å². The number of halogens is 6. The molecule has 1 heterocycles. The average molecular weight is 339 g/mol. The van der Waals surface area contributed by atoms with Gasteiger partial charge in [-0.25, -0.2) is 13.2 Å². The molecule has 128 valence electrons. The van der Waals surface area contributed by atoms with Crippen LogP contribution in [0.15, 0.2) is 12.1 Å². The molecule has 1 aromatic rings. The van der Waals surface area contributed by atoms with Crippen molar-refractivity contribution in [3.8, 4) is 0 Å². The maximum Gasteiger partial charge on any atom is 0.389 e. The number of carbonyl (C=O) groups excluding carboxylic acids is 1. The molecule has 0 aliphatic carbocycles. The normalized spacial score (nSPS) is 16.7. The van der Waals surface area contributed by atoms with Crippen LogP contribution in [0.1, 0.15) is 37.2 Å². The van der Waals surface area contributed by atoms with Crippen molar-refractivity contribution in [2.24, 2.45) is 0 Å². The second kappa shape index (κ2) is 6.80. The van der Waals surface area contributed by atoms with Crippen LogP contribution in [-0.4, -0.2) is 30.1 Å². The maximum atomic E-state index is 13.7. The molecule has 0 radical (unpaired) electrons. The smallest absolute Gasteiger partial charge is 0.343 e. The first-order valence-electron chi connectivity index (χ1n) is 7.16. The Morgan fingerprint density at radius 2 is 1.61 bits per heavy atom. The SMILES string of the molecule is O=C(CCC(F)(F)F)N1CCC(c2c(F)cc(F)cc2F)CC1. The van der Waals surface area contributed by atoms with Crippen molar-refractivity contribution in [3.63, 3.8) is 0 Å².